The van der Waals surface area contributed by atoms with E-state index in [4.69, 9.17) is 0 Å². The summed E-state index contributed by atoms with van der Waals surface area (Å²) < 4.78 is 1.89. The topological polar surface area (TPSA) is 93.3 Å². The fourth-order valence-electron chi connectivity index (χ4n) is 3.03. The van der Waals surface area contributed by atoms with Gasteiger partial charge in [0.15, 0.2) is 0 Å². The summed E-state index contributed by atoms with van der Waals surface area (Å²) in [5.41, 5.74) is 0.959. The average molecular weight is 366 g/mol. The third-order valence-corrected chi connectivity index (χ3v) is 4.18. The Kier molecular flexibility index (Phi) is 5.76. The first-order valence-electron chi connectivity index (χ1n) is 7.72. The van der Waals surface area contributed by atoms with Crippen molar-refractivity contribution in [3.05, 3.63) is 57.7 Å². The zero-order valence-electron chi connectivity index (χ0n) is 14.0. The molecule has 2 heterocycles. The monoisotopic (exact) mass is 365 g/mol. The van der Waals surface area contributed by atoms with Crippen molar-refractivity contribution >= 4 is 24.0 Å². The van der Waals surface area contributed by atoms with Crippen molar-refractivity contribution in [2.75, 3.05) is 19.6 Å². The average Bonchev–Trinajstić information content (AvgIpc) is 2.99. The molecule has 0 aliphatic carbocycles. The molecule has 0 saturated carbocycles. The molecule has 0 spiro atoms. The first kappa shape index (κ1) is 18.9. The Balaban J connectivity index is 0.00000225. The number of nitrogens with zero attached hydrogens (tertiary/aromatic N) is 4. The number of imidazole rings is 1. The Morgan fingerprint density at radius 2 is 2.16 bits per heavy atom. The van der Waals surface area contributed by atoms with E-state index >= 15 is 0 Å². The Labute approximate surface area is 151 Å². The molecule has 1 atom stereocenters. The number of nitrogens with one attached hydrogen (secondary N) is 1. The largest absolute Gasteiger partial charge is 0.336 e. The van der Waals surface area contributed by atoms with Crippen molar-refractivity contribution in [3.63, 3.8) is 0 Å². The van der Waals surface area contributed by atoms with E-state index in [1.165, 1.54) is 12.1 Å². The zero-order valence-corrected chi connectivity index (χ0v) is 14.8. The molecule has 1 aliphatic rings. The van der Waals surface area contributed by atoms with Crippen LogP contribution in [0.1, 0.15) is 27.8 Å². The summed E-state index contributed by atoms with van der Waals surface area (Å²) in [5.74, 6) is 0.578. The first-order valence-corrected chi connectivity index (χ1v) is 7.72. The van der Waals surface area contributed by atoms with E-state index in [1.54, 1.807) is 24.1 Å². The Hall–Kier alpha value is -2.45. The van der Waals surface area contributed by atoms with E-state index in [0.717, 1.165) is 5.82 Å². The normalized spacial score (nSPS) is 17.0. The number of halogens is 1. The lowest BCUT2D eigenvalue weighted by Crippen LogP contribution is -2.49. The van der Waals surface area contributed by atoms with Crippen molar-refractivity contribution in [3.8, 4) is 0 Å². The molecule has 1 aromatic carbocycles. The molecule has 1 N–H and O–H groups in total. The molecular formula is C16H20ClN5O3. The standard InChI is InChI=1S/C16H19N5O3.ClH/c1-11-7-12(9-13(8-11)21(23)24)16(22)20-6-3-17-10-14(20)15-18-4-5-19(15)2;/h4-5,7-9,14,17H,3,6,10H2,1-2H3;1H. The van der Waals surface area contributed by atoms with Crippen molar-refractivity contribution in [1.29, 1.82) is 0 Å². The Morgan fingerprint density at radius 1 is 1.40 bits per heavy atom. The van der Waals surface area contributed by atoms with E-state index in [9.17, 15) is 14.9 Å². The van der Waals surface area contributed by atoms with Gasteiger partial charge in [0.1, 0.15) is 11.9 Å². The number of aryl methyl sites for hydroxylation is 2. The van der Waals surface area contributed by atoms with Gasteiger partial charge in [-0.05, 0) is 18.6 Å². The minimum absolute atomic E-state index is 0. The quantitative estimate of drug-likeness (QED) is 0.661. The molecule has 8 nitrogen and oxygen atoms in total. The number of piperazine rings is 1. The fraction of sp³-hybridized carbons (Fsp3) is 0.375. The van der Waals surface area contributed by atoms with Gasteiger partial charge in [-0.1, -0.05) is 0 Å². The van der Waals surface area contributed by atoms with Crippen LogP contribution in [-0.2, 0) is 7.05 Å². The fourth-order valence-corrected chi connectivity index (χ4v) is 3.03. The summed E-state index contributed by atoms with van der Waals surface area (Å²) in [7, 11) is 1.89. The predicted octanol–water partition coefficient (Wildman–Crippen LogP) is 1.85. The number of benzene rings is 1. The number of carbonyl (C=O) groups is 1. The highest BCUT2D eigenvalue weighted by molar-refractivity contribution is 5.95. The van der Waals surface area contributed by atoms with Gasteiger partial charge in [0.25, 0.3) is 11.6 Å². The highest BCUT2D eigenvalue weighted by atomic mass is 35.5. The predicted molar refractivity (Wildman–Crippen MR) is 94.9 cm³/mol. The van der Waals surface area contributed by atoms with E-state index in [0.29, 0.717) is 30.8 Å². The lowest BCUT2D eigenvalue weighted by atomic mass is 10.1. The first-order chi connectivity index (χ1) is 11.5. The van der Waals surface area contributed by atoms with Gasteiger partial charge in [0.05, 0.1) is 4.92 Å². The van der Waals surface area contributed by atoms with Gasteiger partial charge >= 0.3 is 0 Å². The van der Waals surface area contributed by atoms with E-state index in [-0.39, 0.29) is 30.0 Å². The van der Waals surface area contributed by atoms with Gasteiger partial charge in [0, 0.05) is 56.8 Å². The molecular weight excluding hydrogens is 346 g/mol. The smallest absolute Gasteiger partial charge is 0.270 e. The number of non-ortho nitro benzene ring substituents is 1. The summed E-state index contributed by atoms with van der Waals surface area (Å²) in [5, 5.41) is 14.3. The number of nitro groups is 1. The molecule has 9 heteroatoms. The molecule has 1 fully saturated rings. The Morgan fingerprint density at radius 3 is 2.80 bits per heavy atom. The maximum atomic E-state index is 13.0. The van der Waals surface area contributed by atoms with Gasteiger partial charge in [-0.15, -0.1) is 12.4 Å². The van der Waals surface area contributed by atoms with E-state index < -0.39 is 4.92 Å². The second kappa shape index (κ2) is 7.62. The van der Waals surface area contributed by atoms with Gasteiger partial charge in [-0.2, -0.15) is 0 Å². The number of carbonyl (C=O) groups excluding carboxylic acids is 1. The highest BCUT2D eigenvalue weighted by Crippen LogP contribution is 2.25. The Bertz CT molecular complexity index is 792. The molecule has 1 amide bonds. The molecule has 25 heavy (non-hydrogen) atoms. The lowest BCUT2D eigenvalue weighted by Gasteiger charge is -2.35. The van der Waals surface area contributed by atoms with E-state index in [1.807, 2.05) is 17.8 Å². The number of hydrogen-bond acceptors (Lipinski definition) is 5. The number of nitro benzene ring substituents is 1. The summed E-state index contributed by atoms with van der Waals surface area (Å²) in [6.07, 6.45) is 3.54. The summed E-state index contributed by atoms with van der Waals surface area (Å²) in [6.45, 7) is 3.56. The zero-order chi connectivity index (χ0) is 17.3. The van der Waals surface area contributed by atoms with Crippen LogP contribution in [0.2, 0.25) is 0 Å². The SMILES string of the molecule is Cc1cc(C(=O)N2CCNCC2c2nccn2C)cc([N+](=O)[O-])c1.Cl. The van der Waals surface area contributed by atoms with Crippen LogP contribution in [0.5, 0.6) is 0 Å². The molecule has 1 aromatic heterocycles. The summed E-state index contributed by atoms with van der Waals surface area (Å²) in [6, 6.07) is 4.29. The van der Waals surface area contributed by atoms with Gasteiger partial charge in [0.2, 0.25) is 0 Å². The molecule has 1 saturated heterocycles. The lowest BCUT2D eigenvalue weighted by molar-refractivity contribution is -0.384. The number of rotatable bonds is 3. The van der Waals surface area contributed by atoms with Gasteiger partial charge in [-0.25, -0.2) is 4.98 Å². The van der Waals surface area contributed by atoms with Crippen molar-refractivity contribution in [2.45, 2.75) is 13.0 Å². The highest BCUT2D eigenvalue weighted by Gasteiger charge is 2.31. The van der Waals surface area contributed by atoms with Gasteiger partial charge < -0.3 is 14.8 Å². The molecule has 2 aromatic rings. The molecule has 1 aliphatic heterocycles. The molecule has 0 radical (unpaired) electrons. The maximum absolute atomic E-state index is 13.0. The molecule has 1 unspecified atom stereocenters. The second-order valence-electron chi connectivity index (χ2n) is 5.93. The van der Waals surface area contributed by atoms with Crippen LogP contribution >= 0.6 is 12.4 Å². The van der Waals surface area contributed by atoms with E-state index in [2.05, 4.69) is 10.3 Å². The van der Waals surface area contributed by atoms with Crippen molar-refractivity contribution < 1.29 is 9.72 Å². The third-order valence-electron chi connectivity index (χ3n) is 4.18. The number of hydrogen-bond donors (Lipinski definition) is 1. The summed E-state index contributed by atoms with van der Waals surface area (Å²) >= 11 is 0. The second-order valence-corrected chi connectivity index (χ2v) is 5.93. The van der Waals surface area contributed by atoms with Crippen LogP contribution in [0.15, 0.2) is 30.6 Å². The van der Waals surface area contributed by atoms with Crippen LogP contribution < -0.4 is 5.32 Å². The minimum Gasteiger partial charge on any atom is -0.336 e. The molecule has 134 valence electrons. The van der Waals surface area contributed by atoms with Crippen LogP contribution in [0.25, 0.3) is 0 Å². The maximum Gasteiger partial charge on any atom is 0.270 e. The molecule has 0 bridgehead atoms. The minimum atomic E-state index is -0.474. The van der Waals surface area contributed by atoms with Crippen molar-refractivity contribution in [1.82, 2.24) is 19.8 Å². The van der Waals surface area contributed by atoms with Gasteiger partial charge in [-0.3, -0.25) is 14.9 Å². The summed E-state index contributed by atoms with van der Waals surface area (Å²) in [4.78, 5) is 29.6. The number of aromatic nitrogens is 2. The van der Waals surface area contributed by atoms with Crippen LogP contribution in [0.4, 0.5) is 5.69 Å². The number of amides is 1. The molecule has 3 rings (SSSR count). The van der Waals surface area contributed by atoms with Crippen LogP contribution in [0.3, 0.4) is 0 Å². The van der Waals surface area contributed by atoms with Crippen molar-refractivity contribution in [2.24, 2.45) is 7.05 Å². The van der Waals surface area contributed by atoms with Crippen LogP contribution in [0, 0.1) is 17.0 Å². The third kappa shape index (κ3) is 3.80. The van der Waals surface area contributed by atoms with Crippen LogP contribution in [-0.4, -0.2) is 44.9 Å².